The van der Waals surface area contributed by atoms with E-state index in [0.29, 0.717) is 0 Å². The molecular weight excluding hydrogens is 220 g/mol. The van der Waals surface area contributed by atoms with E-state index in [1.54, 1.807) is 0 Å². The summed E-state index contributed by atoms with van der Waals surface area (Å²) in [5, 5.41) is 2.35. The number of rotatable bonds is 2. The molecule has 3 aromatic rings. The van der Waals surface area contributed by atoms with Crippen LogP contribution in [0.2, 0.25) is 0 Å². The van der Waals surface area contributed by atoms with Gasteiger partial charge in [-0.2, -0.15) is 0 Å². The zero-order valence-corrected chi connectivity index (χ0v) is 10.8. The molecule has 0 aliphatic heterocycles. The van der Waals surface area contributed by atoms with Gasteiger partial charge in [-0.15, -0.1) is 0 Å². The summed E-state index contributed by atoms with van der Waals surface area (Å²) in [6, 6.07) is 10.7. The van der Waals surface area contributed by atoms with Gasteiger partial charge in [-0.1, -0.05) is 32.0 Å². The maximum atomic E-state index is 4.71. The zero-order chi connectivity index (χ0) is 12.5. The summed E-state index contributed by atoms with van der Waals surface area (Å²) in [6.45, 7) is 4.28. The van der Waals surface area contributed by atoms with Gasteiger partial charge in [-0.25, -0.2) is 0 Å². The number of aryl methyl sites for hydroxylation is 2. The lowest BCUT2D eigenvalue weighted by Crippen LogP contribution is -1.91. The van der Waals surface area contributed by atoms with E-state index in [0.717, 1.165) is 35.0 Å². The highest BCUT2D eigenvalue weighted by Gasteiger charge is 2.04. The Kier molecular flexibility index (Phi) is 2.71. The Morgan fingerprint density at radius 2 is 1.67 bits per heavy atom. The molecule has 0 bridgehead atoms. The highest BCUT2D eigenvalue weighted by Crippen LogP contribution is 2.23. The van der Waals surface area contributed by atoms with Crippen LogP contribution < -0.4 is 0 Å². The third-order valence-electron chi connectivity index (χ3n) is 3.40. The van der Waals surface area contributed by atoms with E-state index in [9.17, 15) is 0 Å². The van der Waals surface area contributed by atoms with E-state index in [2.05, 4.69) is 49.2 Å². The van der Waals surface area contributed by atoms with Crippen molar-refractivity contribution >= 4 is 21.8 Å². The van der Waals surface area contributed by atoms with E-state index in [4.69, 9.17) is 4.98 Å². The van der Waals surface area contributed by atoms with Crippen LogP contribution >= 0.6 is 0 Å². The largest absolute Gasteiger partial charge is 0.254 e. The van der Waals surface area contributed by atoms with E-state index in [1.807, 2.05) is 6.20 Å². The van der Waals surface area contributed by atoms with Crippen LogP contribution in [0.4, 0.5) is 0 Å². The van der Waals surface area contributed by atoms with Gasteiger partial charge < -0.3 is 0 Å². The molecule has 0 aliphatic rings. The molecule has 2 nitrogen and oxygen atoms in total. The maximum absolute atomic E-state index is 4.71. The lowest BCUT2D eigenvalue weighted by Gasteiger charge is -2.05. The van der Waals surface area contributed by atoms with Crippen molar-refractivity contribution in [2.45, 2.75) is 26.7 Å². The summed E-state index contributed by atoms with van der Waals surface area (Å²) in [5.74, 6) is 0. The quantitative estimate of drug-likeness (QED) is 0.630. The first-order valence-corrected chi connectivity index (χ1v) is 6.49. The van der Waals surface area contributed by atoms with Gasteiger partial charge in [-0.3, -0.25) is 9.97 Å². The average Bonchev–Trinajstić information content (AvgIpc) is 2.45. The van der Waals surface area contributed by atoms with Crippen LogP contribution in [0.25, 0.3) is 21.8 Å². The minimum Gasteiger partial charge on any atom is -0.254 e. The van der Waals surface area contributed by atoms with Gasteiger partial charge >= 0.3 is 0 Å². The topological polar surface area (TPSA) is 25.8 Å². The first-order valence-electron chi connectivity index (χ1n) is 6.49. The van der Waals surface area contributed by atoms with Crippen molar-refractivity contribution in [3.05, 3.63) is 47.8 Å². The van der Waals surface area contributed by atoms with Crippen molar-refractivity contribution < 1.29 is 0 Å². The summed E-state index contributed by atoms with van der Waals surface area (Å²) < 4.78 is 0. The van der Waals surface area contributed by atoms with Gasteiger partial charge in [0, 0.05) is 22.7 Å². The third kappa shape index (κ3) is 1.74. The fraction of sp³-hybridized carbons (Fsp3) is 0.250. The van der Waals surface area contributed by atoms with Crippen LogP contribution in [0, 0.1) is 0 Å². The molecule has 90 valence electrons. The summed E-state index contributed by atoms with van der Waals surface area (Å²) in [4.78, 5) is 9.31. The van der Waals surface area contributed by atoms with Crippen molar-refractivity contribution in [1.82, 2.24) is 9.97 Å². The molecule has 0 fully saturated rings. The fourth-order valence-corrected chi connectivity index (χ4v) is 2.26. The number of hydrogen-bond acceptors (Lipinski definition) is 2. The van der Waals surface area contributed by atoms with Gasteiger partial charge in [0.05, 0.1) is 11.0 Å². The van der Waals surface area contributed by atoms with Gasteiger partial charge in [-0.05, 0) is 30.5 Å². The molecule has 0 aliphatic carbocycles. The molecule has 0 unspecified atom stereocenters. The van der Waals surface area contributed by atoms with E-state index >= 15 is 0 Å². The number of nitrogens with zero attached hydrogens (tertiary/aromatic N) is 2. The summed E-state index contributed by atoms with van der Waals surface area (Å²) in [6.07, 6.45) is 3.94. The van der Waals surface area contributed by atoms with Gasteiger partial charge in [0.15, 0.2) is 0 Å². The van der Waals surface area contributed by atoms with Crippen LogP contribution in [0.5, 0.6) is 0 Å². The molecule has 0 N–H and O–H groups in total. The summed E-state index contributed by atoms with van der Waals surface area (Å²) >= 11 is 0. The first kappa shape index (κ1) is 11.1. The molecule has 0 amide bonds. The van der Waals surface area contributed by atoms with Crippen molar-refractivity contribution in [2.75, 3.05) is 0 Å². The molecule has 2 heteroatoms. The smallest absolute Gasteiger partial charge is 0.0967 e. The van der Waals surface area contributed by atoms with Crippen LogP contribution in [0.3, 0.4) is 0 Å². The minimum absolute atomic E-state index is 0.958. The SMILES string of the molecule is CCc1cnc2c(ccc3ccc(CC)nc32)c1. The van der Waals surface area contributed by atoms with Crippen molar-refractivity contribution in [3.8, 4) is 0 Å². The molecule has 0 radical (unpaired) electrons. The normalized spacial score (nSPS) is 11.2. The van der Waals surface area contributed by atoms with Crippen molar-refractivity contribution in [3.63, 3.8) is 0 Å². The predicted octanol–water partition coefficient (Wildman–Crippen LogP) is 3.91. The molecule has 2 heterocycles. The monoisotopic (exact) mass is 236 g/mol. The van der Waals surface area contributed by atoms with Gasteiger partial charge in [0.1, 0.15) is 0 Å². The molecule has 0 atom stereocenters. The van der Waals surface area contributed by atoms with Crippen LogP contribution in [0.1, 0.15) is 25.1 Å². The molecule has 0 spiro atoms. The van der Waals surface area contributed by atoms with Crippen molar-refractivity contribution in [1.29, 1.82) is 0 Å². The Balaban J connectivity index is 2.36. The number of aromatic nitrogens is 2. The number of fused-ring (bicyclic) bond motifs is 3. The van der Waals surface area contributed by atoms with E-state index in [-0.39, 0.29) is 0 Å². The summed E-state index contributed by atoms with van der Waals surface area (Å²) in [5.41, 5.74) is 4.43. The average molecular weight is 236 g/mol. The highest BCUT2D eigenvalue weighted by atomic mass is 14.7. The molecular formula is C16H16N2. The zero-order valence-electron chi connectivity index (χ0n) is 10.8. The Labute approximate surface area is 107 Å². The van der Waals surface area contributed by atoms with Crippen LogP contribution in [-0.4, -0.2) is 9.97 Å². The lowest BCUT2D eigenvalue weighted by molar-refractivity contribution is 1.06. The van der Waals surface area contributed by atoms with Crippen molar-refractivity contribution in [2.24, 2.45) is 0 Å². The second-order valence-electron chi connectivity index (χ2n) is 4.56. The third-order valence-corrected chi connectivity index (χ3v) is 3.40. The standard InChI is InChI=1S/C16H16N2/c1-3-11-9-13-6-5-12-7-8-14(4-2)18-16(12)15(13)17-10-11/h5-10H,3-4H2,1-2H3. The van der Waals surface area contributed by atoms with Gasteiger partial charge in [0.2, 0.25) is 0 Å². The Morgan fingerprint density at radius 1 is 0.889 bits per heavy atom. The minimum atomic E-state index is 0.958. The second-order valence-corrected chi connectivity index (χ2v) is 4.56. The Hall–Kier alpha value is -1.96. The predicted molar refractivity (Wildman–Crippen MR) is 75.8 cm³/mol. The summed E-state index contributed by atoms with van der Waals surface area (Å²) in [7, 11) is 0. The fourth-order valence-electron chi connectivity index (χ4n) is 2.26. The lowest BCUT2D eigenvalue weighted by atomic mass is 10.1. The molecule has 1 aromatic carbocycles. The Morgan fingerprint density at radius 3 is 2.44 bits per heavy atom. The number of hydrogen-bond donors (Lipinski definition) is 0. The number of benzene rings is 1. The molecule has 0 saturated heterocycles. The van der Waals surface area contributed by atoms with Crippen LogP contribution in [-0.2, 0) is 12.8 Å². The maximum Gasteiger partial charge on any atom is 0.0967 e. The highest BCUT2D eigenvalue weighted by molar-refractivity contribution is 6.02. The van der Waals surface area contributed by atoms with Crippen LogP contribution in [0.15, 0.2) is 36.5 Å². The molecule has 18 heavy (non-hydrogen) atoms. The molecule has 2 aromatic heterocycles. The first-order chi connectivity index (χ1) is 8.81. The second kappa shape index (κ2) is 4.37. The Bertz CT molecular complexity index is 717. The van der Waals surface area contributed by atoms with E-state index < -0.39 is 0 Å². The van der Waals surface area contributed by atoms with E-state index in [1.165, 1.54) is 10.9 Å². The van der Waals surface area contributed by atoms with Gasteiger partial charge in [0.25, 0.3) is 0 Å². The molecule has 0 saturated carbocycles. The number of pyridine rings is 2. The molecule has 3 rings (SSSR count).